The molecule has 1 amide bonds. The van der Waals surface area contributed by atoms with Gasteiger partial charge in [0.1, 0.15) is 6.10 Å². The molecule has 0 saturated carbocycles. The predicted octanol–water partition coefficient (Wildman–Crippen LogP) is 3.24. The lowest BCUT2D eigenvalue weighted by molar-refractivity contribution is 0.0952. The first kappa shape index (κ1) is 17.7. The van der Waals surface area contributed by atoms with Gasteiger partial charge in [0.15, 0.2) is 0 Å². The summed E-state index contributed by atoms with van der Waals surface area (Å²) in [6.45, 7) is 3.33. The molecule has 1 aromatic carbocycles. The Morgan fingerprint density at radius 1 is 1.19 bits per heavy atom. The first-order valence-corrected chi connectivity index (χ1v) is 8.65. The van der Waals surface area contributed by atoms with Gasteiger partial charge < -0.3 is 10.1 Å². The van der Waals surface area contributed by atoms with Gasteiger partial charge in [-0.05, 0) is 31.0 Å². The number of carbonyl (C=O) groups excluding carboxylic acids is 1. The van der Waals surface area contributed by atoms with E-state index in [9.17, 15) is 4.79 Å². The summed E-state index contributed by atoms with van der Waals surface area (Å²) in [6, 6.07) is 15.3. The van der Waals surface area contributed by atoms with Crippen LogP contribution in [0.2, 0.25) is 0 Å². The zero-order valence-electron chi connectivity index (χ0n) is 14.7. The Hall–Kier alpha value is -3.15. The second kappa shape index (κ2) is 8.80. The Labute approximate surface area is 152 Å². The molecule has 0 aliphatic carbocycles. The van der Waals surface area contributed by atoms with Crippen LogP contribution in [0.3, 0.4) is 0 Å². The minimum Gasteiger partial charge on any atom is -0.470 e. The molecule has 0 spiro atoms. The number of nitrogens with zero attached hydrogens (tertiary/aromatic N) is 3. The van der Waals surface area contributed by atoms with Crippen molar-refractivity contribution in [1.82, 2.24) is 20.1 Å². The highest BCUT2D eigenvalue weighted by Gasteiger charge is 2.09. The molecular formula is C20H22N4O2. The van der Waals surface area contributed by atoms with Crippen LogP contribution in [0.5, 0.6) is 5.88 Å². The Morgan fingerprint density at radius 3 is 2.73 bits per heavy atom. The van der Waals surface area contributed by atoms with Crippen LogP contribution in [0, 0.1) is 0 Å². The molecule has 0 unspecified atom stereocenters. The molecule has 2 aromatic heterocycles. The van der Waals surface area contributed by atoms with E-state index in [4.69, 9.17) is 4.74 Å². The average molecular weight is 350 g/mol. The molecule has 1 N–H and O–H groups in total. The molecule has 6 nitrogen and oxygen atoms in total. The number of carbonyl (C=O) groups is 1. The van der Waals surface area contributed by atoms with Crippen LogP contribution in [0.15, 0.2) is 67.1 Å². The molecule has 3 rings (SSSR count). The third-order valence-corrected chi connectivity index (χ3v) is 3.97. The summed E-state index contributed by atoms with van der Waals surface area (Å²) in [7, 11) is 0. The number of hydrogen-bond donors (Lipinski definition) is 1. The summed E-state index contributed by atoms with van der Waals surface area (Å²) in [4.78, 5) is 16.4. The maximum Gasteiger partial charge on any atom is 0.252 e. The topological polar surface area (TPSA) is 69.0 Å². The van der Waals surface area contributed by atoms with Crippen molar-refractivity contribution in [1.29, 1.82) is 0 Å². The Kier molecular flexibility index (Phi) is 5.98. The van der Waals surface area contributed by atoms with Gasteiger partial charge in [0.25, 0.3) is 5.91 Å². The van der Waals surface area contributed by atoms with Gasteiger partial charge >= 0.3 is 0 Å². The third kappa shape index (κ3) is 4.92. The first-order valence-electron chi connectivity index (χ1n) is 8.65. The van der Waals surface area contributed by atoms with E-state index >= 15 is 0 Å². The van der Waals surface area contributed by atoms with Crippen LogP contribution in [0.1, 0.15) is 35.4 Å². The standard InChI is InChI=1S/C20H22N4O2/c1-16(17-7-3-2-4-8-17)26-19-10-9-18(15-22-19)20(25)21-11-5-13-24-14-6-12-23-24/h2-4,6-10,12,14-16H,5,11,13H2,1H3,(H,21,25)/t16-/m0/s1. The van der Waals surface area contributed by atoms with Crippen molar-refractivity contribution in [3.8, 4) is 5.88 Å². The lowest BCUT2D eigenvalue weighted by Gasteiger charge is -2.14. The number of ether oxygens (including phenoxy) is 1. The highest BCUT2D eigenvalue weighted by atomic mass is 16.5. The number of amides is 1. The summed E-state index contributed by atoms with van der Waals surface area (Å²) in [5, 5.41) is 7.01. The summed E-state index contributed by atoms with van der Waals surface area (Å²) < 4.78 is 7.66. The van der Waals surface area contributed by atoms with Crippen molar-refractivity contribution < 1.29 is 9.53 Å². The zero-order chi connectivity index (χ0) is 18.2. The molecule has 0 fully saturated rings. The van der Waals surface area contributed by atoms with Gasteiger partial charge in [-0.2, -0.15) is 5.10 Å². The van der Waals surface area contributed by atoms with Crippen molar-refractivity contribution in [2.24, 2.45) is 0 Å². The van der Waals surface area contributed by atoms with E-state index in [1.54, 1.807) is 18.3 Å². The quantitative estimate of drug-likeness (QED) is 0.633. The van der Waals surface area contributed by atoms with Gasteiger partial charge in [-0.1, -0.05) is 30.3 Å². The third-order valence-electron chi connectivity index (χ3n) is 3.97. The van der Waals surface area contributed by atoms with Gasteiger partial charge in [0.2, 0.25) is 5.88 Å². The van der Waals surface area contributed by atoms with E-state index in [-0.39, 0.29) is 12.0 Å². The van der Waals surface area contributed by atoms with E-state index in [0.717, 1.165) is 18.5 Å². The zero-order valence-corrected chi connectivity index (χ0v) is 14.7. The lowest BCUT2D eigenvalue weighted by Crippen LogP contribution is -2.25. The minimum absolute atomic E-state index is 0.106. The predicted molar refractivity (Wildman–Crippen MR) is 98.9 cm³/mol. The fraction of sp³-hybridized carbons (Fsp3) is 0.250. The number of aryl methyl sites for hydroxylation is 1. The molecule has 0 radical (unpaired) electrons. The van der Waals surface area contributed by atoms with Crippen LogP contribution >= 0.6 is 0 Å². The number of hydrogen-bond acceptors (Lipinski definition) is 4. The highest BCUT2D eigenvalue weighted by molar-refractivity contribution is 5.93. The van der Waals surface area contributed by atoms with Crippen LogP contribution in [0.25, 0.3) is 0 Å². The van der Waals surface area contributed by atoms with E-state index in [2.05, 4.69) is 15.4 Å². The molecule has 26 heavy (non-hydrogen) atoms. The highest BCUT2D eigenvalue weighted by Crippen LogP contribution is 2.19. The number of nitrogens with one attached hydrogen (secondary N) is 1. The molecular weight excluding hydrogens is 328 g/mol. The molecule has 2 heterocycles. The smallest absolute Gasteiger partial charge is 0.252 e. The maximum absolute atomic E-state index is 12.1. The maximum atomic E-state index is 12.1. The molecule has 1 atom stereocenters. The summed E-state index contributed by atoms with van der Waals surface area (Å²) in [5.41, 5.74) is 1.59. The Balaban J connectivity index is 1.46. The van der Waals surface area contributed by atoms with Crippen LogP contribution in [-0.2, 0) is 6.54 Å². The van der Waals surface area contributed by atoms with Crippen molar-refractivity contribution in [3.63, 3.8) is 0 Å². The van der Waals surface area contributed by atoms with Gasteiger partial charge in [-0.15, -0.1) is 0 Å². The molecule has 3 aromatic rings. The molecule has 134 valence electrons. The van der Waals surface area contributed by atoms with Gasteiger partial charge in [-0.3, -0.25) is 9.48 Å². The Morgan fingerprint density at radius 2 is 2.04 bits per heavy atom. The number of pyridine rings is 1. The van der Waals surface area contributed by atoms with Crippen LogP contribution in [-0.4, -0.2) is 27.2 Å². The number of aromatic nitrogens is 3. The Bertz CT molecular complexity index is 802. The van der Waals surface area contributed by atoms with E-state index < -0.39 is 0 Å². The van der Waals surface area contributed by atoms with Crippen molar-refractivity contribution in [3.05, 3.63) is 78.2 Å². The molecule has 0 bridgehead atoms. The van der Waals surface area contributed by atoms with Gasteiger partial charge in [-0.25, -0.2) is 4.98 Å². The normalized spacial score (nSPS) is 11.7. The van der Waals surface area contributed by atoms with E-state index in [1.165, 1.54) is 6.20 Å². The van der Waals surface area contributed by atoms with Crippen LogP contribution < -0.4 is 10.1 Å². The van der Waals surface area contributed by atoms with Crippen molar-refractivity contribution in [2.75, 3.05) is 6.54 Å². The molecule has 6 heteroatoms. The molecule has 0 aliphatic rings. The summed E-state index contributed by atoms with van der Waals surface area (Å²) >= 11 is 0. The SMILES string of the molecule is C[C@H](Oc1ccc(C(=O)NCCCn2cccn2)cn1)c1ccccc1. The van der Waals surface area contributed by atoms with Crippen molar-refractivity contribution in [2.45, 2.75) is 26.0 Å². The second-order valence-electron chi connectivity index (χ2n) is 5.93. The van der Waals surface area contributed by atoms with E-state index in [1.807, 2.05) is 54.2 Å². The first-order chi connectivity index (χ1) is 12.7. The molecule has 0 saturated heterocycles. The largest absolute Gasteiger partial charge is 0.470 e. The minimum atomic E-state index is -0.138. The summed E-state index contributed by atoms with van der Waals surface area (Å²) in [5.74, 6) is 0.359. The van der Waals surface area contributed by atoms with Crippen LogP contribution in [0.4, 0.5) is 0 Å². The second-order valence-corrected chi connectivity index (χ2v) is 5.93. The number of rotatable bonds is 8. The summed E-state index contributed by atoms with van der Waals surface area (Å²) in [6.07, 6.45) is 5.89. The monoisotopic (exact) mass is 350 g/mol. The number of benzene rings is 1. The van der Waals surface area contributed by atoms with Crippen molar-refractivity contribution >= 4 is 5.91 Å². The fourth-order valence-corrected chi connectivity index (χ4v) is 2.54. The average Bonchev–Trinajstić information content (AvgIpc) is 3.20. The lowest BCUT2D eigenvalue weighted by atomic mass is 10.1. The van der Waals surface area contributed by atoms with Gasteiger partial charge in [0, 0.05) is 37.7 Å². The van der Waals surface area contributed by atoms with E-state index in [0.29, 0.717) is 18.0 Å². The fourth-order valence-electron chi connectivity index (χ4n) is 2.54. The van der Waals surface area contributed by atoms with Gasteiger partial charge in [0.05, 0.1) is 5.56 Å². The molecule has 0 aliphatic heterocycles.